The first-order valence-corrected chi connectivity index (χ1v) is 9.83. The predicted octanol–water partition coefficient (Wildman–Crippen LogP) is 4.25. The zero-order valence-corrected chi connectivity index (χ0v) is 16.2. The fraction of sp³-hybridized carbons (Fsp3) is 0.150. The molecule has 0 aliphatic carbocycles. The van der Waals surface area contributed by atoms with Gasteiger partial charge < -0.3 is 10.1 Å². The van der Waals surface area contributed by atoms with Crippen molar-refractivity contribution in [2.24, 2.45) is 0 Å². The predicted molar refractivity (Wildman–Crippen MR) is 107 cm³/mol. The standard InChI is InChI=1S/C20H21N3O3S/c1-14-8-10-19(15(2)12-14)27(24,25)23-20-11-9-16(13-21-20)22-17-6-4-5-7-18(17)26-3/h4-13,22H,1-3H3,(H,21,23). The third-order valence-electron chi connectivity index (χ3n) is 4.01. The van der Waals surface area contributed by atoms with E-state index in [9.17, 15) is 8.42 Å². The number of aromatic nitrogens is 1. The molecule has 2 N–H and O–H groups in total. The van der Waals surface area contributed by atoms with Crippen LogP contribution in [0.5, 0.6) is 5.75 Å². The quantitative estimate of drug-likeness (QED) is 0.665. The van der Waals surface area contributed by atoms with Crippen LogP contribution in [0.4, 0.5) is 17.2 Å². The fourth-order valence-corrected chi connectivity index (χ4v) is 3.96. The van der Waals surface area contributed by atoms with Crippen molar-refractivity contribution in [1.82, 2.24) is 4.98 Å². The Kier molecular flexibility index (Phi) is 5.32. The third-order valence-corrected chi connectivity index (χ3v) is 5.52. The van der Waals surface area contributed by atoms with E-state index in [1.807, 2.05) is 37.3 Å². The van der Waals surface area contributed by atoms with Gasteiger partial charge in [-0.05, 0) is 49.7 Å². The van der Waals surface area contributed by atoms with E-state index in [4.69, 9.17) is 4.74 Å². The molecule has 0 aliphatic heterocycles. The summed E-state index contributed by atoms with van der Waals surface area (Å²) in [6.45, 7) is 3.70. The first-order valence-electron chi connectivity index (χ1n) is 8.35. The Morgan fingerprint density at radius 2 is 1.78 bits per heavy atom. The molecule has 1 heterocycles. The summed E-state index contributed by atoms with van der Waals surface area (Å²) < 4.78 is 33.0. The number of nitrogens with one attached hydrogen (secondary N) is 2. The van der Waals surface area contributed by atoms with Gasteiger partial charge >= 0.3 is 0 Å². The molecular weight excluding hydrogens is 362 g/mol. The summed E-state index contributed by atoms with van der Waals surface area (Å²) >= 11 is 0. The van der Waals surface area contributed by atoms with Crippen molar-refractivity contribution in [3.8, 4) is 5.75 Å². The monoisotopic (exact) mass is 383 g/mol. The number of pyridine rings is 1. The molecule has 0 amide bonds. The number of benzene rings is 2. The number of rotatable bonds is 6. The van der Waals surface area contributed by atoms with Gasteiger partial charge in [0.2, 0.25) is 0 Å². The molecule has 0 unspecified atom stereocenters. The average molecular weight is 383 g/mol. The van der Waals surface area contributed by atoms with Crippen molar-refractivity contribution in [3.63, 3.8) is 0 Å². The van der Waals surface area contributed by atoms with Gasteiger partial charge in [-0.15, -0.1) is 0 Å². The molecule has 140 valence electrons. The van der Waals surface area contributed by atoms with Crippen LogP contribution in [0.25, 0.3) is 0 Å². The summed E-state index contributed by atoms with van der Waals surface area (Å²) in [5.41, 5.74) is 3.22. The number of anilines is 3. The molecule has 27 heavy (non-hydrogen) atoms. The molecule has 6 nitrogen and oxygen atoms in total. The SMILES string of the molecule is COc1ccccc1Nc1ccc(NS(=O)(=O)c2ccc(C)cc2C)nc1. The van der Waals surface area contributed by atoms with Gasteiger partial charge in [-0.25, -0.2) is 13.4 Å². The maximum atomic E-state index is 12.6. The number of ether oxygens (including phenoxy) is 1. The second kappa shape index (κ2) is 7.67. The summed E-state index contributed by atoms with van der Waals surface area (Å²) in [5, 5.41) is 3.20. The Morgan fingerprint density at radius 1 is 1.00 bits per heavy atom. The minimum atomic E-state index is -3.70. The molecule has 3 aromatic rings. The fourth-order valence-electron chi connectivity index (χ4n) is 2.73. The molecule has 0 spiro atoms. The smallest absolute Gasteiger partial charge is 0.263 e. The van der Waals surface area contributed by atoms with Gasteiger partial charge in [0.1, 0.15) is 11.6 Å². The number of sulfonamides is 1. The highest BCUT2D eigenvalue weighted by molar-refractivity contribution is 7.92. The van der Waals surface area contributed by atoms with Gasteiger partial charge in [0.05, 0.1) is 29.6 Å². The lowest BCUT2D eigenvalue weighted by Gasteiger charge is -2.12. The molecule has 0 saturated carbocycles. The van der Waals surface area contributed by atoms with E-state index in [-0.39, 0.29) is 10.7 Å². The van der Waals surface area contributed by atoms with Gasteiger partial charge in [-0.1, -0.05) is 29.8 Å². The number of hydrogen-bond donors (Lipinski definition) is 2. The van der Waals surface area contributed by atoms with Crippen LogP contribution in [0.3, 0.4) is 0 Å². The Hall–Kier alpha value is -3.06. The molecule has 0 fully saturated rings. The Balaban J connectivity index is 1.77. The van der Waals surface area contributed by atoms with E-state index < -0.39 is 10.0 Å². The van der Waals surface area contributed by atoms with Gasteiger partial charge in [0, 0.05) is 0 Å². The van der Waals surface area contributed by atoms with E-state index in [2.05, 4.69) is 15.0 Å². The molecule has 0 aliphatic rings. The Morgan fingerprint density at radius 3 is 2.44 bits per heavy atom. The largest absolute Gasteiger partial charge is 0.495 e. The van der Waals surface area contributed by atoms with Gasteiger partial charge in [-0.2, -0.15) is 0 Å². The van der Waals surface area contributed by atoms with E-state index in [0.29, 0.717) is 17.0 Å². The molecule has 0 atom stereocenters. The molecule has 2 aromatic carbocycles. The number of hydrogen-bond acceptors (Lipinski definition) is 5. The van der Waals surface area contributed by atoms with Crippen LogP contribution in [0.2, 0.25) is 0 Å². The van der Waals surface area contributed by atoms with Crippen LogP contribution in [0.1, 0.15) is 11.1 Å². The average Bonchev–Trinajstić information content (AvgIpc) is 2.63. The summed E-state index contributed by atoms with van der Waals surface area (Å²) in [6.07, 6.45) is 1.56. The van der Waals surface area contributed by atoms with Crippen LogP contribution in [-0.4, -0.2) is 20.5 Å². The number of para-hydroxylation sites is 2. The van der Waals surface area contributed by atoms with Crippen molar-refractivity contribution >= 4 is 27.2 Å². The number of aryl methyl sites for hydroxylation is 2. The lowest BCUT2D eigenvalue weighted by molar-refractivity contribution is 0.417. The maximum absolute atomic E-state index is 12.6. The topological polar surface area (TPSA) is 80.3 Å². The lowest BCUT2D eigenvalue weighted by Crippen LogP contribution is -2.15. The van der Waals surface area contributed by atoms with Gasteiger partial charge in [0.15, 0.2) is 0 Å². The van der Waals surface area contributed by atoms with E-state index in [1.165, 1.54) is 0 Å². The van der Waals surface area contributed by atoms with Crippen LogP contribution in [-0.2, 0) is 10.0 Å². The molecule has 3 rings (SSSR count). The molecular formula is C20H21N3O3S. The number of nitrogens with zero attached hydrogens (tertiary/aromatic N) is 1. The van der Waals surface area contributed by atoms with Crippen LogP contribution < -0.4 is 14.8 Å². The summed E-state index contributed by atoms with van der Waals surface area (Å²) in [6, 6.07) is 16.1. The normalized spacial score (nSPS) is 11.1. The van der Waals surface area contributed by atoms with Crippen LogP contribution in [0.15, 0.2) is 65.7 Å². The minimum Gasteiger partial charge on any atom is -0.495 e. The molecule has 1 aromatic heterocycles. The molecule has 7 heteroatoms. The minimum absolute atomic E-state index is 0.242. The van der Waals surface area contributed by atoms with Crippen molar-refractivity contribution in [2.45, 2.75) is 18.7 Å². The molecule has 0 bridgehead atoms. The second-order valence-corrected chi connectivity index (χ2v) is 7.78. The van der Waals surface area contributed by atoms with E-state index in [0.717, 1.165) is 11.3 Å². The maximum Gasteiger partial charge on any atom is 0.263 e. The first kappa shape index (κ1) is 18.7. The van der Waals surface area contributed by atoms with Crippen molar-refractivity contribution in [3.05, 3.63) is 71.9 Å². The molecule has 0 saturated heterocycles. The van der Waals surface area contributed by atoms with Crippen LogP contribution >= 0.6 is 0 Å². The summed E-state index contributed by atoms with van der Waals surface area (Å²) in [4.78, 5) is 4.44. The van der Waals surface area contributed by atoms with E-state index in [1.54, 1.807) is 44.5 Å². The summed E-state index contributed by atoms with van der Waals surface area (Å²) in [7, 11) is -2.10. The zero-order chi connectivity index (χ0) is 19.4. The van der Waals surface area contributed by atoms with Crippen molar-refractivity contribution < 1.29 is 13.2 Å². The highest BCUT2D eigenvalue weighted by Crippen LogP contribution is 2.27. The van der Waals surface area contributed by atoms with E-state index >= 15 is 0 Å². The highest BCUT2D eigenvalue weighted by atomic mass is 32.2. The Bertz CT molecular complexity index is 1050. The highest BCUT2D eigenvalue weighted by Gasteiger charge is 2.17. The lowest BCUT2D eigenvalue weighted by atomic mass is 10.2. The molecule has 0 radical (unpaired) electrons. The van der Waals surface area contributed by atoms with Gasteiger partial charge in [-0.3, -0.25) is 4.72 Å². The zero-order valence-electron chi connectivity index (χ0n) is 15.4. The van der Waals surface area contributed by atoms with Crippen molar-refractivity contribution in [1.29, 1.82) is 0 Å². The van der Waals surface area contributed by atoms with Crippen molar-refractivity contribution in [2.75, 3.05) is 17.1 Å². The Labute approximate surface area is 159 Å². The van der Waals surface area contributed by atoms with Gasteiger partial charge in [0.25, 0.3) is 10.0 Å². The second-order valence-electron chi connectivity index (χ2n) is 6.13. The van der Waals surface area contributed by atoms with Crippen LogP contribution in [0, 0.1) is 13.8 Å². The summed E-state index contributed by atoms with van der Waals surface area (Å²) in [5.74, 6) is 0.956. The third kappa shape index (κ3) is 4.38. The number of methoxy groups -OCH3 is 1. The first-order chi connectivity index (χ1) is 12.9.